The first kappa shape index (κ1) is 7.16. The fraction of sp³-hybridized carbons (Fsp3) is 0.222. The second kappa shape index (κ2) is 2.85. The molecule has 0 amide bonds. The molecule has 0 atom stereocenters. The molecule has 62 valence electrons. The van der Waals surface area contributed by atoms with Crippen LogP contribution in [0.1, 0.15) is 5.56 Å². The minimum atomic E-state index is 0.507. The molecule has 0 N–H and O–H groups in total. The monoisotopic (exact) mass is 163 g/mol. The Morgan fingerprint density at radius 3 is 3.08 bits per heavy atom. The molecular weight excluding hydrogens is 154 g/mol. The summed E-state index contributed by atoms with van der Waals surface area (Å²) < 4.78 is 5.35. The van der Waals surface area contributed by atoms with E-state index in [0.29, 0.717) is 6.61 Å². The molecule has 0 spiro atoms. The largest absolute Gasteiger partial charge is 0.486 e. The molecule has 0 saturated heterocycles. The van der Waals surface area contributed by atoms with E-state index in [-0.39, 0.29) is 0 Å². The van der Waals surface area contributed by atoms with Gasteiger partial charge in [0.2, 0.25) is 0 Å². The smallest absolute Gasteiger partial charge is 0.134 e. The molecule has 2 rings (SSSR count). The van der Waals surface area contributed by atoms with Gasteiger partial charge in [-0.2, -0.15) is 0 Å². The Hall–Kier alpha value is -1.51. The Balaban J connectivity index is 2.43. The van der Waals surface area contributed by atoms with Crippen molar-refractivity contribution >= 4 is 5.71 Å². The first-order chi connectivity index (χ1) is 5.92. The van der Waals surface area contributed by atoms with E-state index in [1.807, 2.05) is 24.3 Å². The van der Waals surface area contributed by atoms with Crippen LogP contribution in [0.25, 0.3) is 0 Å². The number of rotatable bonds is 1. The van der Waals surface area contributed by atoms with E-state index in [1.165, 1.54) is 7.11 Å². The second-order valence-corrected chi connectivity index (χ2v) is 2.51. The molecule has 1 aliphatic rings. The van der Waals surface area contributed by atoms with Crippen LogP contribution in [0, 0.1) is 0 Å². The minimum absolute atomic E-state index is 0.507. The topological polar surface area (TPSA) is 30.8 Å². The summed E-state index contributed by atoms with van der Waals surface area (Å²) in [7, 11) is 1.54. The molecule has 3 heteroatoms. The van der Waals surface area contributed by atoms with Gasteiger partial charge in [-0.1, -0.05) is 17.3 Å². The Labute approximate surface area is 70.6 Å². The van der Waals surface area contributed by atoms with Gasteiger partial charge < -0.3 is 9.57 Å². The molecule has 3 nitrogen and oxygen atoms in total. The number of fused-ring (bicyclic) bond motifs is 1. The van der Waals surface area contributed by atoms with Crippen LogP contribution in [0.15, 0.2) is 29.4 Å². The average Bonchev–Trinajstić information content (AvgIpc) is 2.50. The zero-order valence-electron chi connectivity index (χ0n) is 6.78. The molecule has 0 bridgehead atoms. The van der Waals surface area contributed by atoms with Crippen molar-refractivity contribution in [3.63, 3.8) is 0 Å². The van der Waals surface area contributed by atoms with Crippen molar-refractivity contribution in [3.8, 4) is 5.75 Å². The normalized spacial score (nSPS) is 17.2. The fourth-order valence-corrected chi connectivity index (χ4v) is 1.24. The van der Waals surface area contributed by atoms with Crippen LogP contribution in [0.2, 0.25) is 0 Å². The molecule has 12 heavy (non-hydrogen) atoms. The molecule has 0 fully saturated rings. The number of hydrogen-bond donors (Lipinski definition) is 0. The van der Waals surface area contributed by atoms with Crippen molar-refractivity contribution in [2.75, 3.05) is 13.7 Å². The van der Waals surface area contributed by atoms with Crippen LogP contribution < -0.4 is 4.74 Å². The van der Waals surface area contributed by atoms with Gasteiger partial charge in [0.1, 0.15) is 25.2 Å². The second-order valence-electron chi connectivity index (χ2n) is 2.51. The van der Waals surface area contributed by atoms with Gasteiger partial charge in [-0.3, -0.25) is 0 Å². The van der Waals surface area contributed by atoms with E-state index in [0.717, 1.165) is 17.0 Å². The Bertz CT molecular complexity index is 320. The summed E-state index contributed by atoms with van der Waals surface area (Å²) in [5, 5.41) is 3.86. The van der Waals surface area contributed by atoms with Crippen molar-refractivity contribution in [2.24, 2.45) is 5.16 Å². The maximum Gasteiger partial charge on any atom is 0.134 e. The molecule has 0 saturated carbocycles. The van der Waals surface area contributed by atoms with Crippen molar-refractivity contribution in [1.29, 1.82) is 0 Å². The van der Waals surface area contributed by atoms with Crippen LogP contribution in [0.4, 0.5) is 0 Å². The highest BCUT2D eigenvalue weighted by Crippen LogP contribution is 2.24. The number of ether oxygens (including phenoxy) is 1. The van der Waals surface area contributed by atoms with E-state index in [1.54, 1.807) is 0 Å². The summed E-state index contributed by atoms with van der Waals surface area (Å²) in [6.07, 6.45) is 0. The lowest BCUT2D eigenvalue weighted by atomic mass is 10.1. The lowest BCUT2D eigenvalue weighted by Crippen LogP contribution is -2.02. The number of benzene rings is 1. The van der Waals surface area contributed by atoms with Gasteiger partial charge in [0.25, 0.3) is 0 Å². The standard InChI is InChI=1S/C9H9NO2/c1-11-10-8-6-12-9-5-3-2-4-7(8)9/h2-5H,6H2,1H3. The summed E-state index contributed by atoms with van der Waals surface area (Å²) in [6, 6.07) is 7.79. The van der Waals surface area contributed by atoms with E-state index in [2.05, 4.69) is 5.16 Å². The van der Waals surface area contributed by atoms with Crippen molar-refractivity contribution in [2.45, 2.75) is 0 Å². The Morgan fingerprint density at radius 2 is 2.25 bits per heavy atom. The number of para-hydroxylation sites is 1. The van der Waals surface area contributed by atoms with Gasteiger partial charge in [0, 0.05) is 5.56 Å². The van der Waals surface area contributed by atoms with Crippen molar-refractivity contribution < 1.29 is 9.57 Å². The molecule has 0 aromatic heterocycles. The van der Waals surface area contributed by atoms with E-state index >= 15 is 0 Å². The minimum Gasteiger partial charge on any atom is -0.486 e. The molecule has 0 unspecified atom stereocenters. The predicted molar refractivity (Wildman–Crippen MR) is 45.5 cm³/mol. The maximum absolute atomic E-state index is 5.35. The van der Waals surface area contributed by atoms with E-state index in [9.17, 15) is 0 Å². The SMILES string of the molecule is CON=C1COc2ccccc21. The third-order valence-electron chi connectivity index (χ3n) is 1.76. The van der Waals surface area contributed by atoms with Gasteiger partial charge >= 0.3 is 0 Å². The highest BCUT2D eigenvalue weighted by atomic mass is 16.6. The average molecular weight is 163 g/mol. The van der Waals surface area contributed by atoms with Gasteiger partial charge in [0.15, 0.2) is 0 Å². The van der Waals surface area contributed by atoms with Crippen molar-refractivity contribution in [3.05, 3.63) is 29.8 Å². The maximum atomic E-state index is 5.35. The summed E-state index contributed by atoms with van der Waals surface area (Å²) in [4.78, 5) is 4.69. The van der Waals surface area contributed by atoms with Crippen LogP contribution >= 0.6 is 0 Å². The van der Waals surface area contributed by atoms with Gasteiger partial charge in [0.05, 0.1) is 0 Å². The van der Waals surface area contributed by atoms with Crippen LogP contribution in [-0.4, -0.2) is 19.4 Å². The van der Waals surface area contributed by atoms with E-state index in [4.69, 9.17) is 9.57 Å². The zero-order valence-corrected chi connectivity index (χ0v) is 6.78. The zero-order chi connectivity index (χ0) is 8.39. The highest BCUT2D eigenvalue weighted by Gasteiger charge is 2.18. The van der Waals surface area contributed by atoms with Crippen LogP contribution in [0.5, 0.6) is 5.75 Å². The summed E-state index contributed by atoms with van der Waals surface area (Å²) in [5.41, 5.74) is 1.88. The quantitative estimate of drug-likeness (QED) is 0.586. The molecule has 1 aromatic rings. The lowest BCUT2D eigenvalue weighted by molar-refractivity contribution is 0.212. The molecule has 1 aromatic carbocycles. The van der Waals surface area contributed by atoms with Crippen molar-refractivity contribution in [1.82, 2.24) is 0 Å². The number of oxime groups is 1. The Kier molecular flexibility index (Phi) is 1.70. The first-order valence-corrected chi connectivity index (χ1v) is 3.74. The number of hydrogen-bond acceptors (Lipinski definition) is 3. The van der Waals surface area contributed by atoms with Crippen LogP contribution in [0.3, 0.4) is 0 Å². The summed E-state index contributed by atoms with van der Waals surface area (Å²) in [5.74, 6) is 0.883. The lowest BCUT2D eigenvalue weighted by Gasteiger charge is -1.93. The molecule has 1 heterocycles. The Morgan fingerprint density at radius 1 is 1.42 bits per heavy atom. The third-order valence-corrected chi connectivity index (χ3v) is 1.76. The van der Waals surface area contributed by atoms with Gasteiger partial charge in [-0.05, 0) is 12.1 Å². The summed E-state index contributed by atoms with van der Waals surface area (Å²) in [6.45, 7) is 0.507. The van der Waals surface area contributed by atoms with Crippen LogP contribution in [-0.2, 0) is 4.84 Å². The van der Waals surface area contributed by atoms with Gasteiger partial charge in [-0.15, -0.1) is 0 Å². The highest BCUT2D eigenvalue weighted by molar-refractivity contribution is 6.05. The molecule has 0 radical (unpaired) electrons. The predicted octanol–water partition coefficient (Wildman–Crippen LogP) is 1.43. The molecule has 0 aliphatic carbocycles. The molecular formula is C9H9NO2. The summed E-state index contributed by atoms with van der Waals surface area (Å²) >= 11 is 0. The third kappa shape index (κ3) is 1.03. The molecule has 1 aliphatic heterocycles. The van der Waals surface area contributed by atoms with Gasteiger partial charge in [-0.25, -0.2) is 0 Å². The van der Waals surface area contributed by atoms with E-state index < -0.39 is 0 Å². The number of nitrogens with zero attached hydrogens (tertiary/aromatic N) is 1. The first-order valence-electron chi connectivity index (χ1n) is 3.74. The fourth-order valence-electron chi connectivity index (χ4n) is 1.24.